The summed E-state index contributed by atoms with van der Waals surface area (Å²) in [4.78, 5) is 32.8. The zero-order valence-corrected chi connectivity index (χ0v) is 17.0. The summed E-state index contributed by atoms with van der Waals surface area (Å²) in [6, 6.07) is 10.1. The highest BCUT2D eigenvalue weighted by Crippen LogP contribution is 2.31. The number of H-pyrrole nitrogens is 1. The number of aromatic amines is 1. The Hall–Kier alpha value is -4.27. The molecule has 4 aromatic heterocycles. The summed E-state index contributed by atoms with van der Waals surface area (Å²) >= 11 is 0. The molecule has 0 aliphatic rings. The van der Waals surface area contributed by atoms with Crippen LogP contribution in [0.5, 0.6) is 0 Å². The van der Waals surface area contributed by atoms with Crippen LogP contribution in [0, 0.1) is 0 Å². The smallest absolute Gasteiger partial charge is 0.271 e. The van der Waals surface area contributed by atoms with Gasteiger partial charge in [-0.15, -0.1) is 0 Å². The van der Waals surface area contributed by atoms with Crippen LogP contribution in [-0.4, -0.2) is 42.4 Å². The van der Waals surface area contributed by atoms with Crippen molar-refractivity contribution in [3.63, 3.8) is 0 Å². The van der Waals surface area contributed by atoms with Gasteiger partial charge in [0.1, 0.15) is 16.9 Å². The lowest BCUT2D eigenvalue weighted by Crippen LogP contribution is -2.23. The molecule has 4 heterocycles. The number of hydrogen-bond donors (Lipinski definition) is 3. The van der Waals surface area contributed by atoms with Crippen LogP contribution in [0.4, 0.5) is 5.82 Å². The molecule has 3 N–H and O–H groups in total. The fourth-order valence-corrected chi connectivity index (χ4v) is 3.67. The predicted molar refractivity (Wildman–Crippen MR) is 119 cm³/mol. The molecule has 0 saturated carbocycles. The molecule has 0 aliphatic heterocycles. The number of fused-ring (bicyclic) bond motifs is 3. The first kappa shape index (κ1) is 18.7. The zero-order valence-electron chi connectivity index (χ0n) is 17.0. The Balaban J connectivity index is 1.46. The Morgan fingerprint density at radius 1 is 1.19 bits per heavy atom. The number of rotatable bonds is 5. The molecule has 0 spiro atoms. The van der Waals surface area contributed by atoms with Crippen LogP contribution in [0.25, 0.3) is 33.3 Å². The number of anilines is 1. The van der Waals surface area contributed by atoms with Gasteiger partial charge >= 0.3 is 0 Å². The molecule has 31 heavy (non-hydrogen) atoms. The van der Waals surface area contributed by atoms with Crippen molar-refractivity contribution in [1.82, 2.24) is 34.8 Å². The van der Waals surface area contributed by atoms with E-state index in [4.69, 9.17) is 0 Å². The monoisotopic (exact) mass is 412 g/mol. The first-order valence-electron chi connectivity index (χ1n) is 9.79. The second-order valence-electron chi connectivity index (χ2n) is 7.18. The molecule has 5 rings (SSSR count). The van der Waals surface area contributed by atoms with Gasteiger partial charge in [0.05, 0.1) is 18.0 Å². The molecule has 1 aromatic carbocycles. The van der Waals surface area contributed by atoms with Gasteiger partial charge in [0.15, 0.2) is 5.82 Å². The van der Waals surface area contributed by atoms with Crippen LogP contribution in [-0.2, 0) is 13.6 Å². The third kappa shape index (κ3) is 3.35. The quantitative estimate of drug-likeness (QED) is 0.409. The fraction of sp³-hybridized carbons (Fsp3) is 0.136. The Bertz CT molecular complexity index is 1400. The van der Waals surface area contributed by atoms with Crippen LogP contribution in [0.2, 0.25) is 0 Å². The highest BCUT2D eigenvalue weighted by atomic mass is 16.1. The van der Waals surface area contributed by atoms with Gasteiger partial charge in [-0.25, -0.2) is 15.0 Å². The van der Waals surface area contributed by atoms with E-state index in [0.717, 1.165) is 44.7 Å². The number of aryl methyl sites for hydroxylation is 1. The van der Waals surface area contributed by atoms with E-state index in [1.807, 2.05) is 42.9 Å². The molecule has 0 radical (unpaired) electrons. The second kappa shape index (κ2) is 7.52. The minimum Gasteiger partial charge on any atom is -0.371 e. The molecule has 0 atom stereocenters. The molecule has 0 aliphatic carbocycles. The van der Waals surface area contributed by atoms with Gasteiger partial charge in [-0.3, -0.25) is 9.78 Å². The highest BCUT2D eigenvalue weighted by Gasteiger charge is 2.15. The van der Waals surface area contributed by atoms with E-state index in [-0.39, 0.29) is 5.91 Å². The lowest BCUT2D eigenvalue weighted by atomic mass is 10.1. The number of nitrogens with zero attached hydrogens (tertiary/aromatic N) is 5. The van der Waals surface area contributed by atoms with Crippen molar-refractivity contribution in [2.75, 3.05) is 12.4 Å². The normalized spacial score (nSPS) is 11.2. The third-order valence-electron chi connectivity index (χ3n) is 5.16. The van der Waals surface area contributed by atoms with Crippen molar-refractivity contribution in [3.05, 3.63) is 66.5 Å². The minimum atomic E-state index is -0.258. The Morgan fingerprint density at radius 2 is 2.10 bits per heavy atom. The largest absolute Gasteiger partial charge is 0.371 e. The number of nitrogens with one attached hydrogen (secondary N) is 3. The predicted octanol–water partition coefficient (Wildman–Crippen LogP) is 2.88. The Morgan fingerprint density at radius 3 is 2.90 bits per heavy atom. The average molecular weight is 412 g/mol. The Labute approximate surface area is 177 Å². The van der Waals surface area contributed by atoms with Crippen molar-refractivity contribution in [2.45, 2.75) is 6.54 Å². The standard InChI is InChI=1S/C22H20N8O/c1-23-21-18-19(30(2)12-27-18)15-9-16(28-20(15)29-21)14-5-3-4-13(8-14)10-26-22(31)17-11-24-6-7-25-17/h3-9,11-12H,10H2,1-2H3,(H,26,31)(H2,23,28,29). The summed E-state index contributed by atoms with van der Waals surface area (Å²) in [5.41, 5.74) is 5.86. The molecule has 9 nitrogen and oxygen atoms in total. The van der Waals surface area contributed by atoms with Gasteiger partial charge < -0.3 is 20.2 Å². The Kier molecular flexibility index (Phi) is 4.55. The number of carbonyl (C=O) groups is 1. The molecule has 1 amide bonds. The first-order valence-corrected chi connectivity index (χ1v) is 9.79. The van der Waals surface area contributed by atoms with Gasteiger partial charge in [-0.05, 0) is 23.3 Å². The SMILES string of the molecule is CNc1nc2[nH]c(-c3cccc(CNC(=O)c4cnccn4)c3)cc2c2c1ncn2C. The number of imidazole rings is 1. The summed E-state index contributed by atoms with van der Waals surface area (Å²) in [6.07, 6.45) is 6.27. The summed E-state index contributed by atoms with van der Waals surface area (Å²) in [6.45, 7) is 0.387. The van der Waals surface area contributed by atoms with Crippen molar-refractivity contribution in [2.24, 2.45) is 7.05 Å². The van der Waals surface area contributed by atoms with Crippen LogP contribution < -0.4 is 10.6 Å². The van der Waals surface area contributed by atoms with E-state index >= 15 is 0 Å². The number of amides is 1. The first-order chi connectivity index (χ1) is 15.1. The van der Waals surface area contributed by atoms with Crippen LogP contribution in [0.1, 0.15) is 16.1 Å². The van der Waals surface area contributed by atoms with E-state index in [9.17, 15) is 4.79 Å². The summed E-state index contributed by atoms with van der Waals surface area (Å²) < 4.78 is 2.00. The minimum absolute atomic E-state index is 0.258. The van der Waals surface area contributed by atoms with Crippen LogP contribution >= 0.6 is 0 Å². The average Bonchev–Trinajstić information content (AvgIpc) is 3.41. The molecule has 0 bridgehead atoms. The van der Waals surface area contributed by atoms with Gasteiger partial charge in [-0.2, -0.15) is 0 Å². The van der Waals surface area contributed by atoms with Gasteiger partial charge in [-0.1, -0.05) is 18.2 Å². The molecular formula is C22H20N8O. The molecule has 0 unspecified atom stereocenters. The van der Waals surface area contributed by atoms with Crippen LogP contribution in [0.15, 0.2) is 55.2 Å². The topological polar surface area (TPSA) is 113 Å². The molecule has 154 valence electrons. The van der Waals surface area contributed by atoms with Gasteiger partial charge in [0.2, 0.25) is 0 Å². The summed E-state index contributed by atoms with van der Waals surface area (Å²) in [5, 5.41) is 7.00. The van der Waals surface area contributed by atoms with Gasteiger partial charge in [0, 0.05) is 44.1 Å². The van der Waals surface area contributed by atoms with E-state index in [1.54, 1.807) is 6.33 Å². The number of carbonyl (C=O) groups excluding carboxylic acids is 1. The van der Waals surface area contributed by atoms with E-state index in [0.29, 0.717) is 12.2 Å². The van der Waals surface area contributed by atoms with E-state index in [2.05, 4.69) is 41.6 Å². The van der Waals surface area contributed by atoms with Crippen molar-refractivity contribution in [3.8, 4) is 11.3 Å². The summed E-state index contributed by atoms with van der Waals surface area (Å²) in [7, 11) is 3.81. The number of pyridine rings is 1. The fourth-order valence-electron chi connectivity index (χ4n) is 3.67. The highest BCUT2D eigenvalue weighted by molar-refractivity contribution is 6.07. The molecule has 0 saturated heterocycles. The molecule has 0 fully saturated rings. The maximum absolute atomic E-state index is 12.2. The van der Waals surface area contributed by atoms with Crippen LogP contribution in [0.3, 0.4) is 0 Å². The number of aromatic nitrogens is 6. The summed E-state index contributed by atoms with van der Waals surface area (Å²) in [5.74, 6) is 0.475. The van der Waals surface area contributed by atoms with Crippen molar-refractivity contribution >= 4 is 33.8 Å². The van der Waals surface area contributed by atoms with E-state index < -0.39 is 0 Å². The number of hydrogen-bond acceptors (Lipinski definition) is 6. The lowest BCUT2D eigenvalue weighted by Gasteiger charge is -2.06. The lowest BCUT2D eigenvalue weighted by molar-refractivity contribution is 0.0945. The maximum Gasteiger partial charge on any atom is 0.271 e. The number of benzene rings is 1. The molecule has 5 aromatic rings. The second-order valence-corrected chi connectivity index (χ2v) is 7.18. The van der Waals surface area contributed by atoms with Gasteiger partial charge in [0.25, 0.3) is 5.91 Å². The maximum atomic E-state index is 12.2. The van der Waals surface area contributed by atoms with E-state index in [1.165, 1.54) is 18.6 Å². The molecule has 9 heteroatoms. The zero-order chi connectivity index (χ0) is 21.4. The third-order valence-corrected chi connectivity index (χ3v) is 5.16. The molecular weight excluding hydrogens is 392 g/mol. The van der Waals surface area contributed by atoms with Crippen molar-refractivity contribution in [1.29, 1.82) is 0 Å². The van der Waals surface area contributed by atoms with Crippen molar-refractivity contribution < 1.29 is 4.79 Å².